The van der Waals surface area contributed by atoms with Gasteiger partial charge in [-0.2, -0.15) is 0 Å². The predicted molar refractivity (Wildman–Crippen MR) is 151 cm³/mol. The van der Waals surface area contributed by atoms with E-state index < -0.39 is 22.8 Å². The highest BCUT2D eigenvalue weighted by Gasteiger charge is 2.56. The Morgan fingerprint density at radius 3 is 1.73 bits per heavy atom. The molecule has 0 saturated carbocycles. The molecule has 0 aliphatic carbocycles. The lowest BCUT2D eigenvalue weighted by atomic mass is 9.62. The molecular formula is C32H31NO3S. The quantitative estimate of drug-likeness (QED) is 0.187. The summed E-state index contributed by atoms with van der Waals surface area (Å²) in [6, 6.07) is 32.4. The number of carbonyl (C=O) groups is 2. The molecule has 0 aliphatic rings. The van der Waals surface area contributed by atoms with Gasteiger partial charge in [-0.3, -0.25) is 9.79 Å². The van der Waals surface area contributed by atoms with E-state index in [0.717, 1.165) is 16.7 Å². The number of Topliss-reactive ketones (excluding diaryl/α,β-unsaturated/α-hetero) is 1. The molecule has 0 bridgehead atoms. The lowest BCUT2D eigenvalue weighted by Crippen LogP contribution is -2.54. The van der Waals surface area contributed by atoms with Crippen LogP contribution in [0.3, 0.4) is 0 Å². The summed E-state index contributed by atoms with van der Waals surface area (Å²) in [5, 5.41) is 12.9. The van der Waals surface area contributed by atoms with Crippen molar-refractivity contribution in [3.63, 3.8) is 0 Å². The van der Waals surface area contributed by atoms with Gasteiger partial charge in [-0.05, 0) is 22.4 Å². The first kappa shape index (κ1) is 26.2. The molecule has 4 nitrogen and oxygen atoms in total. The monoisotopic (exact) mass is 509 g/mol. The number of carboxylic acids is 1. The van der Waals surface area contributed by atoms with Gasteiger partial charge in [0, 0.05) is 23.5 Å². The molecule has 1 aromatic heterocycles. The maximum Gasteiger partial charge on any atom is 0.332 e. The second kappa shape index (κ2) is 11.1. The zero-order chi connectivity index (χ0) is 26.5. The van der Waals surface area contributed by atoms with Crippen LogP contribution in [0.15, 0.2) is 114 Å². The van der Waals surface area contributed by atoms with Crippen LogP contribution < -0.4 is 0 Å². The number of aliphatic imine (C=N–C) groups is 1. The van der Waals surface area contributed by atoms with E-state index in [0.29, 0.717) is 10.6 Å². The van der Waals surface area contributed by atoms with Crippen LogP contribution in [0.2, 0.25) is 0 Å². The van der Waals surface area contributed by atoms with E-state index in [2.05, 4.69) is 0 Å². The van der Waals surface area contributed by atoms with Gasteiger partial charge in [-0.1, -0.05) is 118 Å². The van der Waals surface area contributed by atoms with Crippen molar-refractivity contribution in [1.82, 2.24) is 0 Å². The van der Waals surface area contributed by atoms with E-state index >= 15 is 0 Å². The molecular weight excluding hydrogens is 478 g/mol. The molecule has 2 atom stereocenters. The van der Waals surface area contributed by atoms with Crippen LogP contribution in [-0.4, -0.2) is 28.1 Å². The van der Waals surface area contributed by atoms with Gasteiger partial charge in [-0.25, -0.2) is 4.79 Å². The van der Waals surface area contributed by atoms with Crippen LogP contribution in [0.5, 0.6) is 0 Å². The van der Waals surface area contributed by atoms with Crippen LogP contribution in [0.4, 0.5) is 0 Å². The zero-order valence-corrected chi connectivity index (χ0v) is 22.1. The second-order valence-corrected chi connectivity index (χ2v) is 11.0. The minimum Gasteiger partial charge on any atom is -0.479 e. The topological polar surface area (TPSA) is 66.7 Å². The van der Waals surface area contributed by atoms with Crippen LogP contribution in [0.1, 0.15) is 59.5 Å². The fourth-order valence-electron chi connectivity index (χ4n) is 4.87. The van der Waals surface area contributed by atoms with E-state index in [1.54, 1.807) is 6.07 Å². The molecule has 0 amide bonds. The van der Waals surface area contributed by atoms with E-state index in [4.69, 9.17) is 4.99 Å². The highest BCUT2D eigenvalue weighted by atomic mass is 32.1. The number of benzene rings is 3. The summed E-state index contributed by atoms with van der Waals surface area (Å²) < 4.78 is 0. The molecule has 0 unspecified atom stereocenters. The van der Waals surface area contributed by atoms with Gasteiger partial charge in [0.1, 0.15) is 0 Å². The molecule has 5 heteroatoms. The molecule has 37 heavy (non-hydrogen) atoms. The van der Waals surface area contributed by atoms with Crippen molar-refractivity contribution in [2.45, 2.75) is 38.6 Å². The SMILES string of the molecule is CC(C)(C)[C@@](N=C(c1ccccc1)c1ccccc1)(C(=O)O)[C@@H](CC(=O)c1cccs1)c1ccccc1. The molecule has 0 spiro atoms. The third-order valence-electron chi connectivity index (χ3n) is 6.74. The van der Waals surface area contributed by atoms with Crippen molar-refractivity contribution in [2.24, 2.45) is 10.4 Å². The number of carbonyl (C=O) groups excluding carboxylic acids is 1. The Hall–Kier alpha value is -3.83. The number of hydrogen-bond donors (Lipinski definition) is 1. The van der Waals surface area contributed by atoms with Gasteiger partial charge in [-0.15, -0.1) is 11.3 Å². The Kier molecular flexibility index (Phi) is 7.84. The lowest BCUT2D eigenvalue weighted by molar-refractivity contribution is -0.149. The number of aliphatic carboxylic acids is 1. The largest absolute Gasteiger partial charge is 0.479 e. The number of nitrogens with zero attached hydrogens (tertiary/aromatic N) is 1. The zero-order valence-electron chi connectivity index (χ0n) is 21.3. The fourth-order valence-corrected chi connectivity index (χ4v) is 5.54. The van der Waals surface area contributed by atoms with Crippen LogP contribution in [-0.2, 0) is 4.79 Å². The average molecular weight is 510 g/mol. The maximum absolute atomic E-state index is 13.5. The van der Waals surface area contributed by atoms with E-state index in [1.165, 1.54) is 11.3 Å². The molecule has 0 fully saturated rings. The minimum atomic E-state index is -1.65. The Bertz CT molecular complexity index is 1320. The van der Waals surface area contributed by atoms with Gasteiger partial charge >= 0.3 is 5.97 Å². The van der Waals surface area contributed by atoms with E-state index in [9.17, 15) is 14.7 Å². The standard InChI is InChI=1S/C32H31NO3S/c1-31(2,3)32(30(35)36,33-29(24-16-9-5-10-17-24)25-18-11-6-12-19-25)26(23-14-7-4-8-15-23)22-27(34)28-20-13-21-37-28/h4-21,26H,22H2,1-3H3,(H,35,36)/t26-,32-/m0/s1. The first-order valence-electron chi connectivity index (χ1n) is 12.3. The van der Waals surface area contributed by atoms with E-state index in [1.807, 2.05) is 123 Å². The Balaban J connectivity index is 2.02. The average Bonchev–Trinajstić information content (AvgIpc) is 3.44. The number of rotatable bonds is 9. The molecule has 1 heterocycles. The Morgan fingerprint density at radius 2 is 1.30 bits per heavy atom. The van der Waals surface area contributed by atoms with Gasteiger partial charge in [0.25, 0.3) is 0 Å². The number of hydrogen-bond acceptors (Lipinski definition) is 4. The molecule has 0 saturated heterocycles. The van der Waals surface area contributed by atoms with Gasteiger partial charge in [0.15, 0.2) is 11.3 Å². The summed E-state index contributed by atoms with van der Waals surface area (Å²) in [5.74, 6) is -1.85. The number of ketones is 1. The van der Waals surface area contributed by atoms with Gasteiger partial charge < -0.3 is 5.11 Å². The molecule has 4 aromatic rings. The van der Waals surface area contributed by atoms with Crippen molar-refractivity contribution >= 4 is 28.8 Å². The van der Waals surface area contributed by atoms with Crippen molar-refractivity contribution in [3.05, 3.63) is 130 Å². The van der Waals surface area contributed by atoms with Crippen LogP contribution >= 0.6 is 11.3 Å². The third-order valence-corrected chi connectivity index (χ3v) is 7.65. The normalized spacial score (nSPS) is 13.8. The molecule has 0 radical (unpaired) electrons. The maximum atomic E-state index is 13.5. The summed E-state index contributed by atoms with van der Waals surface area (Å²) in [5.41, 5.74) is 0.503. The number of thiophene rings is 1. The molecule has 4 rings (SSSR count). The molecule has 3 aromatic carbocycles. The summed E-state index contributed by atoms with van der Waals surface area (Å²) in [6.07, 6.45) is 0.0223. The predicted octanol–water partition coefficient (Wildman–Crippen LogP) is 7.51. The van der Waals surface area contributed by atoms with E-state index in [-0.39, 0.29) is 12.2 Å². The first-order chi connectivity index (χ1) is 17.7. The fraction of sp³-hybridized carbons (Fsp3) is 0.219. The molecule has 188 valence electrons. The third kappa shape index (κ3) is 5.47. The van der Waals surface area contributed by atoms with Crippen LogP contribution in [0.25, 0.3) is 0 Å². The van der Waals surface area contributed by atoms with Crippen molar-refractivity contribution in [1.29, 1.82) is 0 Å². The van der Waals surface area contributed by atoms with Crippen molar-refractivity contribution in [2.75, 3.05) is 0 Å². The van der Waals surface area contributed by atoms with Gasteiger partial charge in [0.05, 0.1) is 10.6 Å². The van der Waals surface area contributed by atoms with Crippen LogP contribution in [0, 0.1) is 5.41 Å². The Labute approximate surface area is 222 Å². The van der Waals surface area contributed by atoms with Crippen molar-refractivity contribution in [3.8, 4) is 0 Å². The summed E-state index contributed by atoms with van der Waals surface area (Å²) in [7, 11) is 0. The molecule has 0 aliphatic heterocycles. The minimum absolute atomic E-state index is 0.0223. The van der Waals surface area contributed by atoms with Gasteiger partial charge in [0.2, 0.25) is 0 Å². The Morgan fingerprint density at radius 1 is 0.784 bits per heavy atom. The highest BCUT2D eigenvalue weighted by molar-refractivity contribution is 7.12. The highest BCUT2D eigenvalue weighted by Crippen LogP contribution is 2.48. The van der Waals surface area contributed by atoms with Crippen molar-refractivity contribution < 1.29 is 14.7 Å². The second-order valence-electron chi connectivity index (χ2n) is 10.1. The number of carboxylic acid groups (broad SMARTS) is 1. The summed E-state index contributed by atoms with van der Waals surface area (Å²) in [6.45, 7) is 5.68. The lowest BCUT2D eigenvalue weighted by Gasteiger charge is -2.44. The molecule has 1 N–H and O–H groups in total. The summed E-state index contributed by atoms with van der Waals surface area (Å²) >= 11 is 1.37. The smallest absolute Gasteiger partial charge is 0.332 e. The first-order valence-corrected chi connectivity index (χ1v) is 13.2. The summed E-state index contributed by atoms with van der Waals surface area (Å²) in [4.78, 5) is 32.8.